The van der Waals surface area contributed by atoms with Crippen molar-refractivity contribution in [2.75, 3.05) is 37.4 Å². The van der Waals surface area contributed by atoms with Crippen LogP contribution >= 0.6 is 0 Å². The van der Waals surface area contributed by atoms with Gasteiger partial charge in [-0.25, -0.2) is 9.37 Å². The van der Waals surface area contributed by atoms with Gasteiger partial charge in [-0.3, -0.25) is 4.79 Å². The predicted octanol–water partition coefficient (Wildman–Crippen LogP) is 5.89. The Kier molecular flexibility index (Phi) is 7.95. The second-order valence-corrected chi connectivity index (χ2v) is 8.77. The van der Waals surface area contributed by atoms with Gasteiger partial charge in [-0.2, -0.15) is 0 Å². The van der Waals surface area contributed by atoms with E-state index in [1.165, 1.54) is 25.3 Å². The first-order valence-corrected chi connectivity index (χ1v) is 12.1. The van der Waals surface area contributed by atoms with Gasteiger partial charge < -0.3 is 20.3 Å². The van der Waals surface area contributed by atoms with E-state index in [0.717, 1.165) is 42.5 Å². The summed E-state index contributed by atoms with van der Waals surface area (Å²) in [5.41, 5.74) is 2.02. The first-order chi connectivity index (χ1) is 16.6. The minimum absolute atomic E-state index is 0.0285. The molecule has 0 radical (unpaired) electrons. The lowest BCUT2D eigenvalue weighted by molar-refractivity contribution is -0.116. The number of rotatable bonds is 9. The monoisotopic (exact) mass is 464 g/mol. The van der Waals surface area contributed by atoms with Crippen molar-refractivity contribution in [3.05, 3.63) is 54.0 Å². The summed E-state index contributed by atoms with van der Waals surface area (Å²) in [6.45, 7) is 5.15. The molecule has 3 aromatic rings. The number of piperidine rings is 1. The third-order valence-corrected chi connectivity index (χ3v) is 6.37. The summed E-state index contributed by atoms with van der Waals surface area (Å²) in [5, 5.41) is 8.09. The van der Waals surface area contributed by atoms with Gasteiger partial charge in [-0.1, -0.05) is 13.3 Å². The second kappa shape index (κ2) is 11.3. The maximum Gasteiger partial charge on any atom is 0.224 e. The van der Waals surface area contributed by atoms with Crippen molar-refractivity contribution in [2.24, 2.45) is 0 Å². The fraction of sp³-hybridized carbons (Fsp3) is 0.407. The first kappa shape index (κ1) is 24.0. The Balaban J connectivity index is 1.51. The molecule has 1 amide bonds. The standard InChI is InChI=1S/C27H33FN4O2/c1-3-19-16-21(9-10-23(19)28)30-27-22-18-24(25(34-2)17-20(22)11-12-29-27)31-26(33)8-7-15-32-13-5-4-6-14-32/h9-12,16-18H,3-8,13-15H2,1-2H3,(H,29,30)(H,31,33). The van der Waals surface area contributed by atoms with Crippen LogP contribution in [0.25, 0.3) is 10.8 Å². The van der Waals surface area contributed by atoms with Gasteiger partial charge in [0.25, 0.3) is 0 Å². The third-order valence-electron chi connectivity index (χ3n) is 6.37. The summed E-state index contributed by atoms with van der Waals surface area (Å²) < 4.78 is 19.5. The highest BCUT2D eigenvalue weighted by Gasteiger charge is 2.14. The van der Waals surface area contributed by atoms with E-state index >= 15 is 0 Å². The molecule has 2 N–H and O–H groups in total. The van der Waals surface area contributed by atoms with E-state index < -0.39 is 0 Å². The largest absolute Gasteiger partial charge is 0.495 e. The molecular weight excluding hydrogens is 431 g/mol. The molecule has 1 fully saturated rings. The van der Waals surface area contributed by atoms with E-state index in [4.69, 9.17) is 4.74 Å². The Morgan fingerprint density at radius 3 is 2.74 bits per heavy atom. The SMILES string of the molecule is CCc1cc(Nc2nccc3cc(OC)c(NC(=O)CCCN4CCCCC4)cc23)ccc1F. The molecule has 0 unspecified atom stereocenters. The number of ether oxygens (including phenoxy) is 1. The lowest BCUT2D eigenvalue weighted by Crippen LogP contribution is -2.31. The number of benzene rings is 2. The van der Waals surface area contributed by atoms with Crippen LogP contribution in [-0.4, -0.2) is 42.5 Å². The van der Waals surface area contributed by atoms with Crippen LogP contribution in [0.15, 0.2) is 42.6 Å². The number of anilines is 3. The minimum atomic E-state index is -0.214. The van der Waals surface area contributed by atoms with Crippen LogP contribution in [0, 0.1) is 5.82 Å². The number of likely N-dealkylation sites (tertiary alicyclic amines) is 1. The topological polar surface area (TPSA) is 66.5 Å². The molecule has 1 aromatic heterocycles. The molecule has 2 aromatic carbocycles. The van der Waals surface area contributed by atoms with Crippen LogP contribution in [0.4, 0.5) is 21.6 Å². The minimum Gasteiger partial charge on any atom is -0.495 e. The van der Waals surface area contributed by atoms with Gasteiger partial charge in [-0.05, 0) is 92.7 Å². The fourth-order valence-corrected chi connectivity index (χ4v) is 4.49. The molecular formula is C27H33FN4O2. The van der Waals surface area contributed by atoms with Gasteiger partial charge in [-0.15, -0.1) is 0 Å². The number of carbonyl (C=O) groups is 1. The maximum atomic E-state index is 13.9. The zero-order chi connectivity index (χ0) is 23.9. The fourth-order valence-electron chi connectivity index (χ4n) is 4.49. The van der Waals surface area contributed by atoms with Crippen LogP contribution in [0.1, 0.15) is 44.6 Å². The number of aromatic nitrogens is 1. The molecule has 1 aliphatic rings. The number of halogens is 1. The van der Waals surface area contributed by atoms with Crippen molar-refractivity contribution in [1.29, 1.82) is 0 Å². The number of aryl methyl sites for hydroxylation is 1. The van der Waals surface area contributed by atoms with Crippen molar-refractivity contribution >= 4 is 33.9 Å². The van der Waals surface area contributed by atoms with Gasteiger partial charge in [0.05, 0.1) is 12.8 Å². The van der Waals surface area contributed by atoms with Crippen LogP contribution in [-0.2, 0) is 11.2 Å². The van der Waals surface area contributed by atoms with Crippen molar-refractivity contribution in [2.45, 2.75) is 45.4 Å². The zero-order valence-corrected chi connectivity index (χ0v) is 20.0. The summed E-state index contributed by atoms with van der Waals surface area (Å²) in [6.07, 6.45) is 7.44. The molecule has 6 nitrogen and oxygen atoms in total. The molecule has 1 aliphatic heterocycles. The lowest BCUT2D eigenvalue weighted by atomic mass is 10.1. The molecule has 0 spiro atoms. The molecule has 180 valence electrons. The van der Waals surface area contributed by atoms with Gasteiger partial charge in [0.2, 0.25) is 5.91 Å². The van der Waals surface area contributed by atoms with Crippen molar-refractivity contribution in [1.82, 2.24) is 9.88 Å². The summed E-state index contributed by atoms with van der Waals surface area (Å²) >= 11 is 0. The van der Waals surface area contributed by atoms with Crippen molar-refractivity contribution in [3.63, 3.8) is 0 Å². The Morgan fingerprint density at radius 2 is 1.97 bits per heavy atom. The molecule has 0 saturated carbocycles. The zero-order valence-electron chi connectivity index (χ0n) is 20.0. The third kappa shape index (κ3) is 5.83. The average molecular weight is 465 g/mol. The predicted molar refractivity (Wildman–Crippen MR) is 136 cm³/mol. The molecule has 7 heteroatoms. The highest BCUT2D eigenvalue weighted by Crippen LogP contribution is 2.34. The molecule has 4 rings (SSSR count). The van der Waals surface area contributed by atoms with Crippen LogP contribution in [0.5, 0.6) is 5.75 Å². The molecule has 0 bridgehead atoms. The quantitative estimate of drug-likeness (QED) is 0.413. The number of nitrogens with zero attached hydrogens (tertiary/aromatic N) is 2. The van der Waals surface area contributed by atoms with E-state index in [0.29, 0.717) is 35.7 Å². The molecule has 0 atom stereocenters. The summed E-state index contributed by atoms with van der Waals surface area (Å²) in [6, 6.07) is 10.6. The normalized spacial score (nSPS) is 14.2. The van der Waals surface area contributed by atoms with E-state index in [2.05, 4.69) is 20.5 Å². The van der Waals surface area contributed by atoms with E-state index in [9.17, 15) is 9.18 Å². The maximum absolute atomic E-state index is 13.9. The summed E-state index contributed by atoms with van der Waals surface area (Å²) in [7, 11) is 1.60. The number of methoxy groups -OCH3 is 1. The number of fused-ring (bicyclic) bond motifs is 1. The average Bonchev–Trinajstić information content (AvgIpc) is 2.85. The Bertz CT molecular complexity index is 1140. The van der Waals surface area contributed by atoms with Gasteiger partial charge in [0.1, 0.15) is 17.4 Å². The number of hydrogen-bond donors (Lipinski definition) is 2. The van der Waals surface area contributed by atoms with E-state index in [-0.39, 0.29) is 11.7 Å². The Labute approximate surface area is 200 Å². The first-order valence-electron chi connectivity index (χ1n) is 12.1. The lowest BCUT2D eigenvalue weighted by Gasteiger charge is -2.26. The van der Waals surface area contributed by atoms with Gasteiger partial charge >= 0.3 is 0 Å². The number of hydrogen-bond acceptors (Lipinski definition) is 5. The van der Waals surface area contributed by atoms with Gasteiger partial charge in [0, 0.05) is 23.7 Å². The highest BCUT2D eigenvalue weighted by molar-refractivity contribution is 6.01. The number of nitrogens with one attached hydrogen (secondary N) is 2. The smallest absolute Gasteiger partial charge is 0.224 e. The summed E-state index contributed by atoms with van der Waals surface area (Å²) in [5.74, 6) is 0.992. The highest BCUT2D eigenvalue weighted by atomic mass is 19.1. The molecule has 0 aliphatic carbocycles. The Morgan fingerprint density at radius 1 is 1.15 bits per heavy atom. The van der Waals surface area contributed by atoms with Crippen LogP contribution in [0.3, 0.4) is 0 Å². The number of pyridine rings is 1. The van der Waals surface area contributed by atoms with E-state index in [1.54, 1.807) is 25.4 Å². The second-order valence-electron chi connectivity index (χ2n) is 8.77. The van der Waals surface area contributed by atoms with E-state index in [1.807, 2.05) is 25.1 Å². The Hall–Kier alpha value is -3.19. The molecule has 2 heterocycles. The summed E-state index contributed by atoms with van der Waals surface area (Å²) in [4.78, 5) is 19.6. The molecule has 1 saturated heterocycles. The van der Waals surface area contributed by atoms with Crippen LogP contribution in [0.2, 0.25) is 0 Å². The number of carbonyl (C=O) groups excluding carboxylic acids is 1. The van der Waals surface area contributed by atoms with Crippen molar-refractivity contribution < 1.29 is 13.9 Å². The van der Waals surface area contributed by atoms with Gasteiger partial charge in [0.15, 0.2) is 0 Å². The number of amides is 1. The molecule has 34 heavy (non-hydrogen) atoms. The van der Waals surface area contributed by atoms with Crippen LogP contribution < -0.4 is 15.4 Å². The van der Waals surface area contributed by atoms with Crippen molar-refractivity contribution in [3.8, 4) is 5.75 Å².